The first-order valence-electron chi connectivity index (χ1n) is 8.22. The fourth-order valence-electron chi connectivity index (χ4n) is 2.65. The van der Waals surface area contributed by atoms with Gasteiger partial charge in [-0.05, 0) is 32.1 Å². The maximum Gasteiger partial charge on any atom is 0.244 e. The predicted octanol–water partition coefficient (Wildman–Crippen LogP) is 3.28. The van der Waals surface area contributed by atoms with Crippen molar-refractivity contribution in [3.8, 4) is 0 Å². The average molecular weight is 354 g/mol. The summed E-state index contributed by atoms with van der Waals surface area (Å²) in [6.07, 6.45) is 5.45. The first-order chi connectivity index (χ1) is 12.0. The number of benzene rings is 1. The van der Waals surface area contributed by atoms with Gasteiger partial charge in [0.1, 0.15) is 0 Å². The van der Waals surface area contributed by atoms with E-state index in [9.17, 15) is 4.79 Å². The molecule has 0 bridgehead atoms. The highest BCUT2D eigenvalue weighted by molar-refractivity contribution is 7.17. The van der Waals surface area contributed by atoms with Crippen molar-refractivity contribution in [1.82, 2.24) is 14.7 Å². The molecule has 0 saturated carbocycles. The molecule has 0 atom stereocenters. The summed E-state index contributed by atoms with van der Waals surface area (Å²) in [5.41, 5.74) is 3.02. The summed E-state index contributed by atoms with van der Waals surface area (Å²) in [4.78, 5) is 20.9. The minimum atomic E-state index is -0.0947. The molecule has 0 radical (unpaired) electrons. The zero-order valence-corrected chi connectivity index (χ0v) is 15.5. The molecule has 3 rings (SSSR count). The number of rotatable bonds is 6. The molecular weight excluding hydrogens is 332 g/mol. The lowest BCUT2D eigenvalue weighted by Gasteiger charge is -2.19. The van der Waals surface area contributed by atoms with Crippen molar-refractivity contribution in [2.45, 2.75) is 13.8 Å². The Labute approximate surface area is 151 Å². The van der Waals surface area contributed by atoms with Crippen LogP contribution in [-0.4, -0.2) is 35.4 Å². The van der Waals surface area contributed by atoms with E-state index in [-0.39, 0.29) is 5.91 Å². The van der Waals surface area contributed by atoms with Crippen molar-refractivity contribution in [2.75, 3.05) is 25.0 Å². The molecule has 2 aromatic heterocycles. The summed E-state index contributed by atoms with van der Waals surface area (Å²) in [5.74, 6) is -0.0947. The number of hydrogen-bond donors (Lipinski definition) is 1. The van der Waals surface area contributed by atoms with Crippen LogP contribution in [0.5, 0.6) is 0 Å². The number of nitrogens with zero attached hydrogens (tertiary/aromatic N) is 3. The first kappa shape index (κ1) is 17.2. The Kier molecular flexibility index (Phi) is 5.19. The quantitative estimate of drug-likeness (QED) is 0.691. The van der Waals surface area contributed by atoms with E-state index in [1.165, 1.54) is 4.88 Å². The van der Waals surface area contributed by atoms with E-state index in [4.69, 9.17) is 0 Å². The summed E-state index contributed by atoms with van der Waals surface area (Å²) in [6.45, 7) is 5.36. The van der Waals surface area contributed by atoms with E-state index in [0.29, 0.717) is 6.54 Å². The van der Waals surface area contributed by atoms with Crippen LogP contribution in [0.3, 0.4) is 0 Å². The van der Waals surface area contributed by atoms with Crippen molar-refractivity contribution in [2.24, 2.45) is 0 Å². The molecule has 0 saturated heterocycles. The number of thiazole rings is 1. The van der Waals surface area contributed by atoms with Crippen LogP contribution in [0.15, 0.2) is 42.6 Å². The Balaban J connectivity index is 1.55. The Morgan fingerprint density at radius 3 is 2.84 bits per heavy atom. The number of carbonyl (C=O) groups excluding carboxylic acids is 1. The van der Waals surface area contributed by atoms with E-state index >= 15 is 0 Å². The third kappa shape index (κ3) is 4.09. The Morgan fingerprint density at radius 1 is 1.32 bits per heavy atom. The molecule has 1 amide bonds. The van der Waals surface area contributed by atoms with Crippen molar-refractivity contribution in [3.05, 3.63) is 58.9 Å². The maximum absolute atomic E-state index is 12.1. The number of aromatic nitrogens is 2. The Hall–Kier alpha value is -2.60. The summed E-state index contributed by atoms with van der Waals surface area (Å²) >= 11 is 1.65. The van der Waals surface area contributed by atoms with Crippen molar-refractivity contribution in [1.29, 1.82) is 0 Å². The molecule has 1 N–H and O–H groups in total. The lowest BCUT2D eigenvalue weighted by atomic mass is 10.3. The first-order valence-corrected chi connectivity index (χ1v) is 9.03. The third-order valence-corrected chi connectivity index (χ3v) is 4.90. The molecule has 0 spiro atoms. The highest BCUT2D eigenvalue weighted by atomic mass is 32.1. The van der Waals surface area contributed by atoms with E-state index < -0.39 is 0 Å². The van der Waals surface area contributed by atoms with Crippen LogP contribution in [0.2, 0.25) is 0 Å². The van der Waals surface area contributed by atoms with Gasteiger partial charge >= 0.3 is 0 Å². The molecule has 0 unspecified atom stereocenters. The number of fused-ring (bicyclic) bond motifs is 1. The van der Waals surface area contributed by atoms with Gasteiger partial charge in [-0.15, -0.1) is 11.3 Å². The molecule has 5 nitrogen and oxygen atoms in total. The largest absolute Gasteiger partial charge is 0.373 e. The number of amides is 1. The van der Waals surface area contributed by atoms with Gasteiger partial charge in [0.2, 0.25) is 5.91 Å². The smallest absolute Gasteiger partial charge is 0.244 e. The number of nitrogens with one attached hydrogen (secondary N) is 1. The number of carbonyl (C=O) groups is 1. The predicted molar refractivity (Wildman–Crippen MR) is 104 cm³/mol. The van der Waals surface area contributed by atoms with E-state index in [0.717, 1.165) is 28.6 Å². The van der Waals surface area contributed by atoms with E-state index in [1.807, 2.05) is 48.8 Å². The van der Waals surface area contributed by atoms with Crippen LogP contribution in [-0.2, 0) is 4.79 Å². The highest BCUT2D eigenvalue weighted by Crippen LogP contribution is 2.21. The van der Waals surface area contributed by atoms with Gasteiger partial charge in [-0.25, -0.2) is 4.98 Å². The topological polar surface area (TPSA) is 49.6 Å². The zero-order valence-electron chi connectivity index (χ0n) is 14.7. The Morgan fingerprint density at radius 2 is 2.08 bits per heavy atom. The molecule has 25 heavy (non-hydrogen) atoms. The maximum atomic E-state index is 12.1. The van der Waals surface area contributed by atoms with Crippen LogP contribution in [0.4, 0.5) is 5.69 Å². The van der Waals surface area contributed by atoms with Gasteiger partial charge in [-0.1, -0.05) is 18.2 Å². The number of hydrogen-bond acceptors (Lipinski definition) is 4. The molecule has 1 aromatic carbocycles. The van der Waals surface area contributed by atoms with Crippen LogP contribution in [0.25, 0.3) is 11.0 Å². The van der Waals surface area contributed by atoms with Crippen molar-refractivity contribution >= 4 is 34.0 Å². The number of aryl methyl sites for hydroxylation is 2. The van der Waals surface area contributed by atoms with Crippen LogP contribution in [0, 0.1) is 13.8 Å². The zero-order chi connectivity index (χ0) is 17.8. The van der Waals surface area contributed by atoms with Crippen LogP contribution in [0.1, 0.15) is 16.3 Å². The van der Waals surface area contributed by atoms with E-state index in [1.54, 1.807) is 17.4 Å². The molecule has 6 heteroatoms. The monoisotopic (exact) mass is 354 g/mol. The molecule has 0 aliphatic heterocycles. The summed E-state index contributed by atoms with van der Waals surface area (Å²) in [7, 11) is 2.02. The average Bonchev–Trinajstić information content (AvgIpc) is 3.08. The van der Waals surface area contributed by atoms with Gasteiger partial charge in [-0.2, -0.15) is 0 Å². The standard InChI is InChI=1S/C19H22N4OS/c1-14-13-23-17(15(2)21-19(23)25-14)9-10-18(24)20-11-12-22(3)16-7-5-4-6-8-16/h4-10,13H,11-12H2,1-3H3,(H,20,24)/b10-9+. The number of para-hydroxylation sites is 1. The highest BCUT2D eigenvalue weighted by Gasteiger charge is 2.09. The van der Waals surface area contributed by atoms with Gasteiger partial charge in [0.15, 0.2) is 4.96 Å². The summed E-state index contributed by atoms with van der Waals surface area (Å²) in [5, 5.41) is 2.92. The number of anilines is 1. The van der Waals surface area contributed by atoms with Gasteiger partial charge in [0.05, 0.1) is 11.4 Å². The second kappa shape index (κ2) is 7.53. The molecular formula is C19H22N4OS. The SMILES string of the molecule is Cc1cn2c(/C=C/C(=O)NCCN(C)c3ccccc3)c(C)nc2s1. The van der Waals surface area contributed by atoms with Crippen LogP contribution >= 0.6 is 11.3 Å². The fraction of sp³-hybridized carbons (Fsp3) is 0.263. The molecule has 0 fully saturated rings. The molecule has 2 heterocycles. The molecule has 130 valence electrons. The van der Waals surface area contributed by atoms with Gasteiger partial charge in [0, 0.05) is 43.0 Å². The lowest BCUT2D eigenvalue weighted by Crippen LogP contribution is -2.32. The second-order valence-electron chi connectivity index (χ2n) is 5.96. The summed E-state index contributed by atoms with van der Waals surface area (Å²) in [6, 6.07) is 10.1. The fourth-order valence-corrected chi connectivity index (χ4v) is 3.53. The second-order valence-corrected chi connectivity index (χ2v) is 7.17. The van der Waals surface area contributed by atoms with Gasteiger partial charge < -0.3 is 10.2 Å². The summed E-state index contributed by atoms with van der Waals surface area (Å²) < 4.78 is 2.03. The molecule has 0 aliphatic rings. The normalized spacial score (nSPS) is 11.3. The lowest BCUT2D eigenvalue weighted by molar-refractivity contribution is -0.116. The molecule has 0 aliphatic carbocycles. The number of likely N-dealkylation sites (N-methyl/N-ethyl adjacent to an activating group) is 1. The minimum absolute atomic E-state index is 0.0947. The molecule has 3 aromatic rings. The van der Waals surface area contributed by atoms with Gasteiger partial charge in [0.25, 0.3) is 0 Å². The third-order valence-electron chi connectivity index (χ3n) is 4.00. The van der Waals surface area contributed by atoms with E-state index in [2.05, 4.69) is 34.3 Å². The van der Waals surface area contributed by atoms with Crippen LogP contribution < -0.4 is 10.2 Å². The van der Waals surface area contributed by atoms with Crippen molar-refractivity contribution < 1.29 is 4.79 Å². The Bertz CT molecular complexity index is 895. The van der Waals surface area contributed by atoms with Crippen molar-refractivity contribution in [3.63, 3.8) is 0 Å². The van der Waals surface area contributed by atoms with Gasteiger partial charge in [-0.3, -0.25) is 9.20 Å². The number of imidazole rings is 1. The minimum Gasteiger partial charge on any atom is -0.373 e.